The number of ether oxygens (including phenoxy) is 1. The van der Waals surface area contributed by atoms with Gasteiger partial charge in [0.1, 0.15) is 0 Å². The van der Waals surface area contributed by atoms with Crippen LogP contribution in [0.1, 0.15) is 40.0 Å². The molecule has 2 saturated heterocycles. The van der Waals surface area contributed by atoms with E-state index in [1.54, 1.807) is 0 Å². The lowest BCUT2D eigenvalue weighted by Crippen LogP contribution is -2.43. The Bertz CT molecular complexity index is 222. The molecule has 0 saturated carbocycles. The van der Waals surface area contributed by atoms with Crippen molar-refractivity contribution in [3.63, 3.8) is 0 Å². The molecule has 4 unspecified atom stereocenters. The van der Waals surface area contributed by atoms with Crippen LogP contribution in [-0.2, 0) is 4.74 Å². The molecule has 2 aliphatic rings. The molecule has 0 spiro atoms. The lowest BCUT2D eigenvalue weighted by molar-refractivity contribution is 0.0966. The average Bonchev–Trinajstić information content (AvgIpc) is 2.78. The summed E-state index contributed by atoms with van der Waals surface area (Å²) in [4.78, 5) is 0. The molecule has 0 aromatic carbocycles. The Hall–Kier alpha value is 0.270. The largest absolute Gasteiger partial charge is 0.373 e. The topological polar surface area (TPSA) is 21.3 Å². The van der Waals surface area contributed by atoms with E-state index in [1.165, 1.54) is 30.8 Å². The Kier molecular flexibility index (Phi) is 4.57. The normalized spacial score (nSPS) is 34.9. The average molecular weight is 243 g/mol. The predicted molar refractivity (Wildman–Crippen MR) is 71.1 cm³/mol. The highest BCUT2D eigenvalue weighted by Gasteiger charge is 2.40. The number of hydrogen-bond acceptors (Lipinski definition) is 3. The Morgan fingerprint density at radius 3 is 2.62 bits per heavy atom. The van der Waals surface area contributed by atoms with E-state index < -0.39 is 0 Å². The number of hydrogen-bond donors (Lipinski definition) is 1. The highest BCUT2D eigenvalue weighted by molar-refractivity contribution is 7.99. The summed E-state index contributed by atoms with van der Waals surface area (Å²) in [5.41, 5.74) is 0. The second-order valence-corrected chi connectivity index (χ2v) is 6.79. The number of nitrogens with one attached hydrogen (secondary N) is 1. The van der Waals surface area contributed by atoms with E-state index in [9.17, 15) is 0 Å². The van der Waals surface area contributed by atoms with Gasteiger partial charge in [0, 0.05) is 17.8 Å². The summed E-state index contributed by atoms with van der Waals surface area (Å²) in [5, 5.41) is 3.74. The smallest absolute Gasteiger partial charge is 0.0733 e. The van der Waals surface area contributed by atoms with Crippen LogP contribution in [0.25, 0.3) is 0 Å². The molecule has 0 radical (unpaired) electrons. The maximum absolute atomic E-state index is 5.86. The van der Waals surface area contributed by atoms with E-state index in [1.807, 2.05) is 0 Å². The quantitative estimate of drug-likeness (QED) is 0.775. The van der Waals surface area contributed by atoms with Gasteiger partial charge >= 0.3 is 0 Å². The van der Waals surface area contributed by atoms with Gasteiger partial charge in [-0.2, -0.15) is 11.8 Å². The monoisotopic (exact) mass is 243 g/mol. The van der Waals surface area contributed by atoms with Crippen LogP contribution in [0, 0.1) is 5.92 Å². The van der Waals surface area contributed by atoms with Gasteiger partial charge in [-0.15, -0.1) is 0 Å². The van der Waals surface area contributed by atoms with Gasteiger partial charge in [-0.1, -0.05) is 13.8 Å². The summed E-state index contributed by atoms with van der Waals surface area (Å²) in [7, 11) is 0. The standard InChI is InChI=1S/C13H25NOS/c1-9(2)7-16-8-10(3)14-12-6-11-4-5-13(12)15-11/h9-14H,4-8H2,1-3H3. The molecule has 0 aromatic rings. The highest BCUT2D eigenvalue weighted by atomic mass is 32.2. The molecule has 4 atom stereocenters. The molecular formula is C13H25NOS. The third-order valence-corrected chi connectivity index (χ3v) is 5.06. The van der Waals surface area contributed by atoms with Crippen molar-refractivity contribution in [2.75, 3.05) is 11.5 Å². The van der Waals surface area contributed by atoms with Crippen LogP contribution in [0.2, 0.25) is 0 Å². The molecule has 3 heteroatoms. The molecule has 0 amide bonds. The van der Waals surface area contributed by atoms with Crippen molar-refractivity contribution < 1.29 is 4.74 Å². The molecular weight excluding hydrogens is 218 g/mol. The van der Waals surface area contributed by atoms with Gasteiger partial charge in [-0.25, -0.2) is 0 Å². The summed E-state index contributed by atoms with van der Waals surface area (Å²) < 4.78 is 5.86. The third-order valence-electron chi connectivity index (χ3n) is 3.42. The molecule has 2 bridgehead atoms. The summed E-state index contributed by atoms with van der Waals surface area (Å²) in [5.74, 6) is 3.31. The number of fused-ring (bicyclic) bond motifs is 2. The summed E-state index contributed by atoms with van der Waals surface area (Å²) in [6.07, 6.45) is 4.89. The van der Waals surface area contributed by atoms with Crippen molar-refractivity contribution in [3.05, 3.63) is 0 Å². The molecule has 2 fully saturated rings. The van der Waals surface area contributed by atoms with Crippen LogP contribution in [0.5, 0.6) is 0 Å². The van der Waals surface area contributed by atoms with E-state index in [2.05, 4.69) is 37.8 Å². The predicted octanol–water partition coefficient (Wildman–Crippen LogP) is 2.67. The van der Waals surface area contributed by atoms with Crippen molar-refractivity contribution in [3.8, 4) is 0 Å². The molecule has 0 aromatic heterocycles. The fourth-order valence-corrected chi connectivity index (χ4v) is 3.76. The van der Waals surface area contributed by atoms with E-state index in [4.69, 9.17) is 4.74 Å². The Balaban J connectivity index is 1.62. The molecule has 94 valence electrons. The van der Waals surface area contributed by atoms with Crippen molar-refractivity contribution in [1.29, 1.82) is 0 Å². The SMILES string of the molecule is CC(C)CSCC(C)NC1CC2CCC1O2. The Morgan fingerprint density at radius 1 is 1.25 bits per heavy atom. The highest BCUT2D eigenvalue weighted by Crippen LogP contribution is 2.34. The maximum Gasteiger partial charge on any atom is 0.0733 e. The Labute approximate surface area is 104 Å². The van der Waals surface area contributed by atoms with Crippen molar-refractivity contribution >= 4 is 11.8 Å². The number of thioether (sulfide) groups is 1. The van der Waals surface area contributed by atoms with Gasteiger partial charge in [0.25, 0.3) is 0 Å². The van der Waals surface area contributed by atoms with Gasteiger partial charge in [0.2, 0.25) is 0 Å². The minimum Gasteiger partial charge on any atom is -0.373 e. The Morgan fingerprint density at radius 2 is 2.06 bits per heavy atom. The first-order valence-corrected chi connectivity index (χ1v) is 7.80. The second-order valence-electron chi connectivity index (χ2n) is 5.72. The van der Waals surface area contributed by atoms with Crippen LogP contribution < -0.4 is 5.32 Å². The number of rotatable bonds is 6. The summed E-state index contributed by atoms with van der Waals surface area (Å²) in [6.45, 7) is 6.88. The van der Waals surface area contributed by atoms with Crippen LogP contribution in [-0.4, -0.2) is 35.8 Å². The molecule has 2 nitrogen and oxygen atoms in total. The first-order chi connectivity index (χ1) is 7.65. The first kappa shape index (κ1) is 12.7. The second kappa shape index (κ2) is 5.74. The fourth-order valence-electron chi connectivity index (χ4n) is 2.71. The van der Waals surface area contributed by atoms with Crippen LogP contribution in [0.4, 0.5) is 0 Å². The molecule has 2 aliphatic heterocycles. The van der Waals surface area contributed by atoms with E-state index in [0.29, 0.717) is 24.3 Å². The zero-order valence-electron chi connectivity index (χ0n) is 10.7. The zero-order valence-corrected chi connectivity index (χ0v) is 11.6. The lowest BCUT2D eigenvalue weighted by Gasteiger charge is -2.24. The van der Waals surface area contributed by atoms with E-state index in [-0.39, 0.29) is 0 Å². The zero-order chi connectivity index (χ0) is 11.5. The minimum absolute atomic E-state index is 0.516. The van der Waals surface area contributed by atoms with Crippen molar-refractivity contribution in [2.24, 2.45) is 5.92 Å². The molecule has 16 heavy (non-hydrogen) atoms. The fraction of sp³-hybridized carbons (Fsp3) is 1.00. The van der Waals surface area contributed by atoms with Crippen LogP contribution >= 0.6 is 11.8 Å². The third kappa shape index (κ3) is 3.38. The molecule has 2 heterocycles. The maximum atomic E-state index is 5.86. The van der Waals surface area contributed by atoms with Gasteiger partial charge in [0.15, 0.2) is 0 Å². The van der Waals surface area contributed by atoms with Crippen LogP contribution in [0.15, 0.2) is 0 Å². The lowest BCUT2D eigenvalue weighted by atomic mass is 9.95. The van der Waals surface area contributed by atoms with Crippen LogP contribution in [0.3, 0.4) is 0 Å². The molecule has 1 N–H and O–H groups in total. The van der Waals surface area contributed by atoms with E-state index in [0.717, 1.165) is 5.92 Å². The van der Waals surface area contributed by atoms with Crippen molar-refractivity contribution in [1.82, 2.24) is 5.32 Å². The molecule has 2 rings (SSSR count). The van der Waals surface area contributed by atoms with Gasteiger partial charge in [-0.3, -0.25) is 0 Å². The first-order valence-electron chi connectivity index (χ1n) is 6.64. The minimum atomic E-state index is 0.516. The summed E-state index contributed by atoms with van der Waals surface area (Å²) >= 11 is 2.07. The van der Waals surface area contributed by atoms with Gasteiger partial charge < -0.3 is 10.1 Å². The summed E-state index contributed by atoms with van der Waals surface area (Å²) in [6, 6.07) is 1.25. The van der Waals surface area contributed by atoms with E-state index >= 15 is 0 Å². The van der Waals surface area contributed by atoms with Gasteiger partial charge in [-0.05, 0) is 37.9 Å². The molecule has 0 aliphatic carbocycles. The van der Waals surface area contributed by atoms with Crippen molar-refractivity contribution in [2.45, 2.75) is 64.3 Å². The van der Waals surface area contributed by atoms with Gasteiger partial charge in [0.05, 0.1) is 12.2 Å².